The van der Waals surface area contributed by atoms with Crippen LogP contribution in [0, 0.1) is 0 Å². The minimum atomic E-state index is 0.0737. The fourth-order valence-corrected chi connectivity index (χ4v) is 3.54. The Kier molecular flexibility index (Phi) is 4.98. The van der Waals surface area contributed by atoms with E-state index in [1.807, 2.05) is 48.6 Å². The third kappa shape index (κ3) is 3.69. The first-order valence-electron chi connectivity index (χ1n) is 9.73. The molecule has 3 heterocycles. The summed E-state index contributed by atoms with van der Waals surface area (Å²) in [7, 11) is 1.89. The van der Waals surface area contributed by atoms with E-state index in [-0.39, 0.29) is 17.7 Å². The third-order valence-corrected chi connectivity index (χ3v) is 5.28. The number of amides is 1. The molecule has 4 rings (SSSR count). The summed E-state index contributed by atoms with van der Waals surface area (Å²) in [6, 6.07) is 7.74. The van der Waals surface area contributed by atoms with E-state index in [9.17, 15) is 4.79 Å². The first kappa shape index (κ1) is 18.4. The molecule has 7 heteroatoms. The second-order valence-electron chi connectivity index (χ2n) is 7.69. The minimum Gasteiger partial charge on any atom is -0.339 e. The van der Waals surface area contributed by atoms with E-state index >= 15 is 0 Å². The summed E-state index contributed by atoms with van der Waals surface area (Å²) in [5.41, 5.74) is 2.81. The summed E-state index contributed by atoms with van der Waals surface area (Å²) in [4.78, 5) is 19.3. The van der Waals surface area contributed by atoms with Crippen molar-refractivity contribution in [1.29, 1.82) is 0 Å². The van der Waals surface area contributed by atoms with Crippen LogP contribution in [0.2, 0.25) is 0 Å². The number of carbonyl (C=O) groups is 1. The molecule has 0 saturated carbocycles. The van der Waals surface area contributed by atoms with E-state index < -0.39 is 0 Å². The lowest BCUT2D eigenvalue weighted by molar-refractivity contribution is 0.0704. The molecule has 146 valence electrons. The Bertz CT molecular complexity index is 949. The number of carbonyl (C=O) groups excluding carboxylic acids is 1. The molecule has 3 aromatic rings. The van der Waals surface area contributed by atoms with Gasteiger partial charge in [0.2, 0.25) is 5.89 Å². The van der Waals surface area contributed by atoms with Gasteiger partial charge in [0.15, 0.2) is 5.82 Å². The zero-order valence-electron chi connectivity index (χ0n) is 16.5. The van der Waals surface area contributed by atoms with Crippen molar-refractivity contribution in [3.8, 4) is 11.1 Å². The molecule has 1 saturated heterocycles. The van der Waals surface area contributed by atoms with Crippen LogP contribution < -0.4 is 0 Å². The van der Waals surface area contributed by atoms with Gasteiger partial charge in [-0.1, -0.05) is 31.1 Å². The molecule has 28 heavy (non-hydrogen) atoms. The Morgan fingerprint density at radius 1 is 1.14 bits per heavy atom. The van der Waals surface area contributed by atoms with Gasteiger partial charge >= 0.3 is 0 Å². The molecule has 0 spiro atoms. The SMILES string of the molecule is CC(C)c1noc(C2CCN(C(=O)c3ccc(-c4cnn(C)c4)cc3)CC2)n1. The van der Waals surface area contributed by atoms with Gasteiger partial charge in [0.1, 0.15) is 0 Å². The van der Waals surface area contributed by atoms with Crippen molar-refractivity contribution in [3.63, 3.8) is 0 Å². The van der Waals surface area contributed by atoms with Crippen molar-refractivity contribution in [2.75, 3.05) is 13.1 Å². The molecule has 0 aliphatic carbocycles. The van der Waals surface area contributed by atoms with Crippen LogP contribution in [0.4, 0.5) is 0 Å². The highest BCUT2D eigenvalue weighted by atomic mass is 16.5. The van der Waals surface area contributed by atoms with Crippen LogP contribution in [0.1, 0.15) is 60.6 Å². The van der Waals surface area contributed by atoms with Gasteiger partial charge < -0.3 is 9.42 Å². The van der Waals surface area contributed by atoms with Gasteiger partial charge in [0.05, 0.1) is 6.20 Å². The van der Waals surface area contributed by atoms with Gasteiger partial charge in [-0.05, 0) is 30.5 Å². The molecule has 0 atom stereocenters. The van der Waals surface area contributed by atoms with Crippen molar-refractivity contribution in [3.05, 3.63) is 53.9 Å². The lowest BCUT2D eigenvalue weighted by Gasteiger charge is -2.30. The van der Waals surface area contributed by atoms with Gasteiger partial charge in [-0.3, -0.25) is 9.48 Å². The number of aromatic nitrogens is 4. The summed E-state index contributed by atoms with van der Waals surface area (Å²) < 4.78 is 7.20. The highest BCUT2D eigenvalue weighted by molar-refractivity contribution is 5.94. The second kappa shape index (κ2) is 7.58. The summed E-state index contributed by atoms with van der Waals surface area (Å²) in [5.74, 6) is 2.02. The molecule has 2 aromatic heterocycles. The van der Waals surface area contributed by atoms with Crippen LogP contribution in [0.5, 0.6) is 0 Å². The lowest BCUT2D eigenvalue weighted by Crippen LogP contribution is -2.38. The van der Waals surface area contributed by atoms with Crippen molar-refractivity contribution in [2.45, 2.75) is 38.5 Å². The number of benzene rings is 1. The molecule has 1 aromatic carbocycles. The largest absolute Gasteiger partial charge is 0.339 e. The fourth-order valence-electron chi connectivity index (χ4n) is 3.54. The molecule has 0 radical (unpaired) electrons. The van der Waals surface area contributed by atoms with Crippen LogP contribution in [0.3, 0.4) is 0 Å². The predicted molar refractivity (Wildman–Crippen MR) is 105 cm³/mol. The quantitative estimate of drug-likeness (QED) is 0.692. The van der Waals surface area contributed by atoms with E-state index in [4.69, 9.17) is 4.52 Å². The Labute approximate surface area is 164 Å². The molecule has 1 amide bonds. The molecule has 0 bridgehead atoms. The highest BCUT2D eigenvalue weighted by Gasteiger charge is 2.28. The maximum atomic E-state index is 12.8. The molecular formula is C21H25N5O2. The summed E-state index contributed by atoms with van der Waals surface area (Å²) >= 11 is 0. The Morgan fingerprint density at radius 2 is 1.86 bits per heavy atom. The average Bonchev–Trinajstić information content (AvgIpc) is 3.37. The zero-order chi connectivity index (χ0) is 19.7. The standard InChI is InChI=1S/C21H25N5O2/c1-14(2)19-23-20(28-24-19)16-8-10-26(11-9-16)21(27)17-6-4-15(5-7-17)18-12-22-25(3)13-18/h4-7,12-14,16H,8-11H2,1-3H3. The Hall–Kier alpha value is -2.96. The summed E-state index contributed by atoms with van der Waals surface area (Å²) in [6.45, 7) is 5.51. The number of nitrogens with zero attached hydrogens (tertiary/aromatic N) is 5. The molecule has 0 unspecified atom stereocenters. The van der Waals surface area contributed by atoms with Crippen LogP contribution in [0.15, 0.2) is 41.2 Å². The first-order chi connectivity index (χ1) is 13.5. The van der Waals surface area contributed by atoms with Gasteiger partial charge in [0.25, 0.3) is 5.91 Å². The lowest BCUT2D eigenvalue weighted by atomic mass is 9.96. The number of hydrogen-bond acceptors (Lipinski definition) is 5. The van der Waals surface area contributed by atoms with Gasteiger partial charge in [-0.25, -0.2) is 0 Å². The Balaban J connectivity index is 1.38. The van der Waals surface area contributed by atoms with Crippen molar-refractivity contribution in [1.82, 2.24) is 24.8 Å². The van der Waals surface area contributed by atoms with E-state index in [1.165, 1.54) is 0 Å². The number of rotatable bonds is 4. The predicted octanol–water partition coefficient (Wildman–Crippen LogP) is 3.61. The maximum Gasteiger partial charge on any atom is 0.253 e. The Morgan fingerprint density at radius 3 is 2.43 bits per heavy atom. The van der Waals surface area contributed by atoms with E-state index in [1.54, 1.807) is 4.68 Å². The summed E-state index contributed by atoms with van der Waals surface area (Å²) in [6.07, 6.45) is 5.48. The molecule has 0 N–H and O–H groups in total. The minimum absolute atomic E-state index is 0.0737. The summed E-state index contributed by atoms with van der Waals surface area (Å²) in [5, 5.41) is 8.25. The zero-order valence-corrected chi connectivity index (χ0v) is 16.5. The molecule has 1 fully saturated rings. The molecule has 1 aliphatic rings. The van der Waals surface area contributed by atoms with Gasteiger partial charge in [0, 0.05) is 49.3 Å². The van der Waals surface area contributed by atoms with E-state index in [0.29, 0.717) is 24.5 Å². The van der Waals surface area contributed by atoms with Crippen molar-refractivity contribution < 1.29 is 9.32 Å². The highest BCUT2D eigenvalue weighted by Crippen LogP contribution is 2.28. The van der Waals surface area contributed by atoms with E-state index in [2.05, 4.69) is 29.1 Å². The fraction of sp³-hybridized carbons (Fsp3) is 0.429. The van der Waals surface area contributed by atoms with Gasteiger partial charge in [-0.2, -0.15) is 10.1 Å². The van der Waals surface area contributed by atoms with Gasteiger partial charge in [-0.15, -0.1) is 0 Å². The van der Waals surface area contributed by atoms with Crippen LogP contribution in [-0.4, -0.2) is 43.8 Å². The number of piperidine rings is 1. The second-order valence-corrected chi connectivity index (χ2v) is 7.69. The molecular weight excluding hydrogens is 354 g/mol. The maximum absolute atomic E-state index is 12.8. The normalized spacial score (nSPS) is 15.4. The van der Waals surface area contributed by atoms with Crippen molar-refractivity contribution in [2.24, 2.45) is 7.05 Å². The van der Waals surface area contributed by atoms with Crippen LogP contribution in [0.25, 0.3) is 11.1 Å². The molecule has 7 nitrogen and oxygen atoms in total. The van der Waals surface area contributed by atoms with Crippen LogP contribution in [-0.2, 0) is 7.05 Å². The van der Waals surface area contributed by atoms with Crippen LogP contribution >= 0.6 is 0 Å². The first-order valence-corrected chi connectivity index (χ1v) is 9.73. The smallest absolute Gasteiger partial charge is 0.253 e. The number of aryl methyl sites for hydroxylation is 1. The number of likely N-dealkylation sites (tertiary alicyclic amines) is 1. The third-order valence-electron chi connectivity index (χ3n) is 5.28. The average molecular weight is 379 g/mol. The topological polar surface area (TPSA) is 77.0 Å². The monoisotopic (exact) mass is 379 g/mol. The number of hydrogen-bond donors (Lipinski definition) is 0. The van der Waals surface area contributed by atoms with E-state index in [0.717, 1.165) is 29.8 Å². The van der Waals surface area contributed by atoms with Crippen molar-refractivity contribution >= 4 is 5.91 Å². The molecule has 1 aliphatic heterocycles.